The normalized spacial score (nSPS) is 19.1. The molecule has 4 aromatic carbocycles. The lowest BCUT2D eigenvalue weighted by molar-refractivity contribution is -0.153. The van der Waals surface area contributed by atoms with Crippen molar-refractivity contribution in [2.75, 3.05) is 31.9 Å². The van der Waals surface area contributed by atoms with Crippen LogP contribution in [0.1, 0.15) is 40.8 Å². The molecule has 1 unspecified atom stereocenters. The van der Waals surface area contributed by atoms with Gasteiger partial charge in [0.05, 0.1) is 13.2 Å². The molecule has 3 aliphatic heterocycles. The molecule has 12 nitrogen and oxygen atoms in total. The third kappa shape index (κ3) is 8.31. The van der Waals surface area contributed by atoms with Crippen molar-refractivity contribution in [3.05, 3.63) is 172 Å². The third-order valence-electron chi connectivity index (χ3n) is 10.5. The largest absolute Gasteiger partial charge is 0.497 e. The summed E-state index contributed by atoms with van der Waals surface area (Å²) >= 11 is 2.76. The number of nitrogens with zero attached hydrogens (tertiary/aromatic N) is 3. The molecule has 2 fully saturated rings. The summed E-state index contributed by atoms with van der Waals surface area (Å²) in [6.45, 7) is 0.677. The Morgan fingerprint density at radius 2 is 1.58 bits per heavy atom. The Bertz CT molecular complexity index is 2300. The molecule has 8 rings (SSSR count). The van der Waals surface area contributed by atoms with Gasteiger partial charge in [-0.05, 0) is 52.8 Å². The summed E-state index contributed by atoms with van der Waals surface area (Å²) in [7, 11) is 2.93. The van der Waals surface area contributed by atoms with Gasteiger partial charge in [0, 0.05) is 17.7 Å². The van der Waals surface area contributed by atoms with Crippen LogP contribution < -0.4 is 15.4 Å². The molecule has 3 atom stereocenters. The lowest BCUT2D eigenvalue weighted by Crippen LogP contribution is -2.71. The zero-order valence-electron chi connectivity index (χ0n) is 33.0. The van der Waals surface area contributed by atoms with Gasteiger partial charge < -0.3 is 29.7 Å². The van der Waals surface area contributed by atoms with Crippen molar-refractivity contribution >= 4 is 51.7 Å². The molecular weight excluding hydrogens is 799 g/mol. The fraction of sp³-hybridized carbons (Fsp3) is 0.239. The topological polar surface area (TPSA) is 141 Å². The summed E-state index contributed by atoms with van der Waals surface area (Å²) in [5.41, 5.74) is 3.83. The third-order valence-corrected chi connectivity index (χ3v) is 12.6. The molecule has 2 amide bonds. The lowest BCUT2D eigenvalue weighted by Gasteiger charge is -2.49. The lowest BCUT2D eigenvalue weighted by atomic mass is 9.77. The quantitative estimate of drug-likeness (QED) is 0.0371. The Balaban J connectivity index is 1.03. The molecule has 5 aromatic rings. The molecule has 4 heterocycles. The Morgan fingerprint density at radius 3 is 2.17 bits per heavy atom. The fourth-order valence-corrected chi connectivity index (χ4v) is 9.63. The van der Waals surface area contributed by atoms with Gasteiger partial charge in [0.25, 0.3) is 11.8 Å². The minimum absolute atomic E-state index is 0.000440. The highest BCUT2D eigenvalue weighted by Crippen LogP contribution is 2.43. The van der Waals surface area contributed by atoms with E-state index in [-0.39, 0.29) is 29.8 Å². The first-order valence-corrected chi connectivity index (χ1v) is 21.4. The number of benzene rings is 4. The highest BCUT2D eigenvalue weighted by atomic mass is 32.2. The van der Waals surface area contributed by atoms with Crippen LogP contribution in [-0.2, 0) is 40.8 Å². The van der Waals surface area contributed by atoms with Crippen LogP contribution in [0.3, 0.4) is 0 Å². The van der Waals surface area contributed by atoms with E-state index in [4.69, 9.17) is 24.0 Å². The Morgan fingerprint density at radius 1 is 0.933 bits per heavy atom. The van der Waals surface area contributed by atoms with Gasteiger partial charge in [-0.3, -0.25) is 14.5 Å². The maximum absolute atomic E-state index is 14.1. The number of thioether (sulfide) groups is 1. The average Bonchev–Trinajstić information content (AvgIpc) is 4.01. The van der Waals surface area contributed by atoms with Crippen LogP contribution in [0, 0.1) is 0 Å². The van der Waals surface area contributed by atoms with E-state index in [9.17, 15) is 14.4 Å². The van der Waals surface area contributed by atoms with Crippen molar-refractivity contribution in [1.29, 1.82) is 0 Å². The highest BCUT2D eigenvalue weighted by Gasteiger charge is 2.54. The number of methoxy groups -OCH3 is 1. The maximum atomic E-state index is 14.1. The number of carbonyl (C=O) groups is 3. The summed E-state index contributed by atoms with van der Waals surface area (Å²) in [4.78, 5) is 53.3. The standard InChI is InChI=1S/C46H43N5O7S2/c1-55-35-23-20-30(21-24-35)27-58-44(54)40-31(22-25-36-19-12-26-57-36)28-59-43-39(42(53)51(40)43)48-41(52)38(50-56-2)37-29-60-45(47-37)49-46(32-13-6-3-7-14-32,33-15-8-4-9-16-33)34-17-10-5-11-18-34/h3-11,13-18,20-25,29,36,39,43H,12,19,26-28H2,1-2H3,(H,47,49)(H,48,52)/b25-22-,50-38-/t36?,39-,43+/m1/s1. The summed E-state index contributed by atoms with van der Waals surface area (Å²) in [6, 6.07) is 36.6. The predicted octanol–water partition coefficient (Wildman–Crippen LogP) is 7.04. The number of aromatic nitrogens is 1. The molecular formula is C46H43N5O7S2. The first-order chi connectivity index (χ1) is 29.4. The molecule has 306 valence electrons. The van der Waals surface area contributed by atoms with Crippen molar-refractivity contribution < 1.29 is 33.4 Å². The number of nitrogens with one attached hydrogen (secondary N) is 2. The van der Waals surface area contributed by atoms with Crippen LogP contribution in [0.5, 0.6) is 5.75 Å². The summed E-state index contributed by atoms with van der Waals surface area (Å²) in [5.74, 6) is -0.644. The predicted molar refractivity (Wildman–Crippen MR) is 231 cm³/mol. The maximum Gasteiger partial charge on any atom is 0.355 e. The number of fused-ring (bicyclic) bond motifs is 1. The molecule has 14 heteroatoms. The molecule has 60 heavy (non-hydrogen) atoms. The molecule has 0 bridgehead atoms. The molecule has 0 aliphatic carbocycles. The second-order valence-corrected chi connectivity index (χ2v) is 16.2. The van der Waals surface area contributed by atoms with Crippen LogP contribution in [0.25, 0.3) is 0 Å². The number of β-lactam (4-membered cyclic amide) rings is 1. The van der Waals surface area contributed by atoms with Gasteiger partial charge in [-0.25, -0.2) is 9.78 Å². The minimum Gasteiger partial charge on any atom is -0.497 e. The molecule has 0 saturated carbocycles. The summed E-state index contributed by atoms with van der Waals surface area (Å²) in [6.07, 6.45) is 5.54. The number of hydrogen-bond acceptors (Lipinski definition) is 12. The molecule has 2 saturated heterocycles. The number of hydrogen-bond donors (Lipinski definition) is 2. The van der Waals surface area contributed by atoms with Gasteiger partial charge in [-0.15, -0.1) is 23.1 Å². The molecule has 3 aliphatic rings. The second kappa shape index (κ2) is 18.4. The molecule has 1 aromatic heterocycles. The number of ether oxygens (including phenoxy) is 3. The number of carbonyl (C=O) groups excluding carboxylic acids is 3. The average molecular weight is 842 g/mol. The number of oxime groups is 1. The van der Waals surface area contributed by atoms with Crippen LogP contribution in [0.15, 0.2) is 149 Å². The summed E-state index contributed by atoms with van der Waals surface area (Å²) in [5, 5.41) is 12.4. The van der Waals surface area contributed by atoms with Crippen LogP contribution in [0.2, 0.25) is 0 Å². The van der Waals surface area contributed by atoms with Gasteiger partial charge in [0.15, 0.2) is 10.8 Å². The SMILES string of the molecule is CO/N=C(\C(=O)N[C@@H]1C(=O)N2C(C(=O)OCc3ccc(OC)cc3)=C(/C=C\C3CCCO3)CS[C@@H]12)c1csc(NC(c2ccccc2)(c2ccccc2)c2ccccc2)n1. The Hall–Kier alpha value is -6.22. The van der Waals surface area contributed by atoms with Crippen LogP contribution in [-0.4, -0.2) is 77.5 Å². The van der Waals surface area contributed by atoms with Crippen LogP contribution in [0.4, 0.5) is 5.13 Å². The van der Waals surface area contributed by atoms with E-state index in [0.29, 0.717) is 28.8 Å². The number of thiazole rings is 1. The monoisotopic (exact) mass is 841 g/mol. The van der Waals surface area contributed by atoms with E-state index < -0.39 is 34.7 Å². The van der Waals surface area contributed by atoms with Gasteiger partial charge >= 0.3 is 5.97 Å². The number of allylic oxidation sites excluding steroid dienone is 1. The zero-order chi connectivity index (χ0) is 41.5. The van der Waals surface area contributed by atoms with Crippen molar-refractivity contribution in [2.24, 2.45) is 5.16 Å². The number of esters is 1. The fourth-order valence-electron chi connectivity index (χ4n) is 7.56. The number of anilines is 1. The van der Waals surface area contributed by atoms with Gasteiger partial charge in [-0.1, -0.05) is 120 Å². The Kier molecular flexibility index (Phi) is 12.4. The highest BCUT2D eigenvalue weighted by molar-refractivity contribution is 8.00. The number of amides is 2. The van der Waals surface area contributed by atoms with E-state index in [0.717, 1.165) is 35.1 Å². The van der Waals surface area contributed by atoms with Crippen molar-refractivity contribution in [2.45, 2.75) is 42.5 Å². The van der Waals surface area contributed by atoms with E-state index in [1.54, 1.807) is 24.6 Å². The van der Waals surface area contributed by atoms with E-state index >= 15 is 0 Å². The first kappa shape index (κ1) is 40.6. The zero-order valence-corrected chi connectivity index (χ0v) is 34.6. The number of rotatable bonds is 15. The van der Waals surface area contributed by atoms with Crippen molar-refractivity contribution in [3.8, 4) is 5.75 Å². The van der Waals surface area contributed by atoms with E-state index in [1.165, 1.54) is 35.1 Å². The summed E-state index contributed by atoms with van der Waals surface area (Å²) < 4.78 is 16.8. The van der Waals surface area contributed by atoms with Crippen LogP contribution >= 0.6 is 23.1 Å². The van der Waals surface area contributed by atoms with Gasteiger partial charge in [0.1, 0.15) is 47.8 Å². The minimum atomic E-state index is -0.948. The second-order valence-electron chi connectivity index (χ2n) is 14.2. The first-order valence-electron chi connectivity index (χ1n) is 19.5. The molecule has 0 spiro atoms. The molecule has 2 N–H and O–H groups in total. The van der Waals surface area contributed by atoms with Gasteiger partial charge in [-0.2, -0.15) is 0 Å². The van der Waals surface area contributed by atoms with E-state index in [2.05, 4.69) is 52.2 Å². The smallest absolute Gasteiger partial charge is 0.355 e. The Labute approximate surface area is 356 Å². The van der Waals surface area contributed by atoms with E-state index in [1.807, 2.05) is 78.9 Å². The molecule has 0 radical (unpaired) electrons. The van der Waals surface area contributed by atoms with Crippen molar-refractivity contribution in [3.63, 3.8) is 0 Å². The van der Waals surface area contributed by atoms with Gasteiger partial charge in [0.2, 0.25) is 0 Å². The van der Waals surface area contributed by atoms with Crippen molar-refractivity contribution in [1.82, 2.24) is 15.2 Å².